The number of aliphatic imine (C=N–C) groups is 1. The van der Waals surface area contributed by atoms with Crippen LogP contribution in [0.15, 0.2) is 64.6 Å². The molecule has 0 saturated carbocycles. The molecule has 11 heteroatoms. The van der Waals surface area contributed by atoms with Crippen molar-refractivity contribution in [3.05, 3.63) is 66.3 Å². The topological polar surface area (TPSA) is 109 Å². The molecule has 2 aromatic heterocycles. The van der Waals surface area contributed by atoms with Crippen LogP contribution in [0, 0.1) is 0 Å². The highest BCUT2D eigenvalue weighted by Gasteiger charge is 2.29. The number of piperazine rings is 1. The van der Waals surface area contributed by atoms with E-state index in [1.165, 1.54) is 10.6 Å². The van der Waals surface area contributed by atoms with Crippen molar-refractivity contribution < 1.29 is 12.9 Å². The molecule has 31 heavy (non-hydrogen) atoms. The molecule has 4 rings (SSSR count). The van der Waals surface area contributed by atoms with Crippen LogP contribution in [0.3, 0.4) is 0 Å². The summed E-state index contributed by atoms with van der Waals surface area (Å²) in [6, 6.07) is 11.5. The molecule has 1 aliphatic rings. The molecule has 10 nitrogen and oxygen atoms in total. The minimum Gasteiger partial charge on any atom is -0.364 e. The molecule has 0 amide bonds. The quantitative estimate of drug-likeness (QED) is 0.449. The monoisotopic (exact) mass is 443 g/mol. The molecule has 1 fully saturated rings. The van der Waals surface area contributed by atoms with E-state index in [1.54, 1.807) is 19.3 Å². The Balaban J connectivity index is 1.35. The van der Waals surface area contributed by atoms with Crippen LogP contribution in [-0.4, -0.2) is 71.7 Å². The molecule has 1 aromatic carbocycles. The average molecular weight is 444 g/mol. The van der Waals surface area contributed by atoms with Gasteiger partial charge in [0.25, 0.3) is 0 Å². The highest BCUT2D eigenvalue weighted by molar-refractivity contribution is 7.88. The number of nitrogens with one attached hydrogen (secondary N) is 1. The maximum atomic E-state index is 12.6. The minimum atomic E-state index is -3.43. The summed E-state index contributed by atoms with van der Waals surface area (Å²) in [4.78, 5) is 6.45. The van der Waals surface area contributed by atoms with Gasteiger partial charge < -0.3 is 14.7 Å². The molecule has 0 unspecified atom stereocenters. The summed E-state index contributed by atoms with van der Waals surface area (Å²) in [6.07, 6.45) is 5.04. The van der Waals surface area contributed by atoms with E-state index in [4.69, 9.17) is 4.52 Å². The van der Waals surface area contributed by atoms with Crippen molar-refractivity contribution in [2.45, 2.75) is 12.3 Å². The van der Waals surface area contributed by atoms with Crippen LogP contribution in [0.2, 0.25) is 0 Å². The molecular formula is C20H25N7O3S. The second-order valence-electron chi connectivity index (χ2n) is 7.11. The molecule has 3 aromatic rings. The van der Waals surface area contributed by atoms with Gasteiger partial charge in [0.05, 0.1) is 11.4 Å². The third-order valence-corrected chi connectivity index (χ3v) is 6.96. The fourth-order valence-electron chi connectivity index (χ4n) is 3.57. The molecule has 0 atom stereocenters. The molecule has 1 saturated heterocycles. The van der Waals surface area contributed by atoms with Gasteiger partial charge in [-0.2, -0.15) is 9.40 Å². The highest BCUT2D eigenvalue weighted by Crippen LogP contribution is 2.15. The van der Waals surface area contributed by atoms with Gasteiger partial charge in [-0.1, -0.05) is 23.4 Å². The number of para-hydroxylation sites is 1. The first kappa shape index (κ1) is 21.1. The Morgan fingerprint density at radius 3 is 2.65 bits per heavy atom. The van der Waals surface area contributed by atoms with Crippen molar-refractivity contribution in [2.24, 2.45) is 4.99 Å². The van der Waals surface area contributed by atoms with Gasteiger partial charge in [0.2, 0.25) is 10.0 Å². The normalized spacial score (nSPS) is 15.9. The standard InChI is InChI=1S/C20H25N7O3S/c1-21-20(22-15-17-5-2-3-6-19(17)27-9-4-8-23-27)25-10-12-26(13-11-25)31(28,29)16-18-7-14-30-24-18/h2-9,14H,10-13,15-16H2,1H3,(H,21,22). The number of aromatic nitrogens is 3. The smallest absolute Gasteiger partial charge is 0.220 e. The Morgan fingerprint density at radius 1 is 1.16 bits per heavy atom. The first-order chi connectivity index (χ1) is 15.1. The van der Waals surface area contributed by atoms with Crippen molar-refractivity contribution in [3.63, 3.8) is 0 Å². The minimum absolute atomic E-state index is 0.152. The van der Waals surface area contributed by atoms with Crippen LogP contribution in [0.25, 0.3) is 5.69 Å². The first-order valence-corrected chi connectivity index (χ1v) is 11.6. The second kappa shape index (κ2) is 9.31. The lowest BCUT2D eigenvalue weighted by molar-refractivity contribution is 0.259. The third-order valence-electron chi connectivity index (χ3n) is 5.14. The van der Waals surface area contributed by atoms with Crippen LogP contribution in [-0.2, 0) is 22.3 Å². The summed E-state index contributed by atoms with van der Waals surface area (Å²) < 4.78 is 33.3. The SMILES string of the molecule is CN=C(NCc1ccccc1-n1cccn1)N1CCN(S(=O)(=O)Cc2ccon2)CC1. The Kier molecular flexibility index (Phi) is 6.33. The van der Waals surface area contributed by atoms with Gasteiger partial charge in [-0.05, 0) is 17.7 Å². The lowest BCUT2D eigenvalue weighted by atomic mass is 10.2. The molecule has 164 valence electrons. The zero-order valence-corrected chi connectivity index (χ0v) is 18.1. The predicted molar refractivity (Wildman–Crippen MR) is 116 cm³/mol. The van der Waals surface area contributed by atoms with E-state index in [0.717, 1.165) is 17.2 Å². The average Bonchev–Trinajstić information content (AvgIpc) is 3.49. The number of benzene rings is 1. The highest BCUT2D eigenvalue weighted by atomic mass is 32.2. The van der Waals surface area contributed by atoms with Crippen LogP contribution < -0.4 is 5.32 Å². The summed E-state index contributed by atoms with van der Waals surface area (Å²) in [5, 5.41) is 11.4. The van der Waals surface area contributed by atoms with Crippen molar-refractivity contribution in [1.29, 1.82) is 0 Å². The lowest BCUT2D eigenvalue weighted by Gasteiger charge is -2.35. The number of hydrogen-bond donors (Lipinski definition) is 1. The number of nitrogens with zero attached hydrogens (tertiary/aromatic N) is 6. The van der Waals surface area contributed by atoms with Gasteiger partial charge in [0.1, 0.15) is 12.0 Å². The fraction of sp³-hybridized carbons (Fsp3) is 0.350. The number of sulfonamides is 1. The molecule has 0 aliphatic carbocycles. The summed E-state index contributed by atoms with van der Waals surface area (Å²) >= 11 is 0. The third kappa shape index (κ3) is 4.94. The molecule has 0 spiro atoms. The van der Waals surface area contributed by atoms with E-state index in [0.29, 0.717) is 38.4 Å². The van der Waals surface area contributed by atoms with E-state index in [-0.39, 0.29) is 5.75 Å². The van der Waals surface area contributed by atoms with E-state index in [2.05, 4.69) is 25.5 Å². The summed E-state index contributed by atoms with van der Waals surface area (Å²) in [5.41, 5.74) is 2.50. The molecule has 0 radical (unpaired) electrons. The van der Waals surface area contributed by atoms with Crippen molar-refractivity contribution in [3.8, 4) is 5.69 Å². The number of rotatable bonds is 6. The Hall–Kier alpha value is -3.18. The van der Waals surface area contributed by atoms with E-state index < -0.39 is 10.0 Å². The van der Waals surface area contributed by atoms with Crippen LogP contribution >= 0.6 is 0 Å². The maximum Gasteiger partial charge on any atom is 0.220 e. The summed E-state index contributed by atoms with van der Waals surface area (Å²) in [5.74, 6) is 0.588. The first-order valence-electron chi connectivity index (χ1n) is 9.97. The lowest BCUT2D eigenvalue weighted by Crippen LogP contribution is -2.53. The van der Waals surface area contributed by atoms with Gasteiger partial charge in [-0.15, -0.1) is 0 Å². The fourth-order valence-corrected chi connectivity index (χ4v) is 4.99. The zero-order chi connectivity index (χ0) is 21.7. The molecule has 0 bridgehead atoms. The van der Waals surface area contributed by atoms with Crippen LogP contribution in [0.5, 0.6) is 0 Å². The van der Waals surface area contributed by atoms with Gasteiger partial charge in [0, 0.05) is 58.2 Å². The van der Waals surface area contributed by atoms with Gasteiger partial charge in [-0.3, -0.25) is 4.99 Å². The molecule has 1 aliphatic heterocycles. The van der Waals surface area contributed by atoms with E-state index in [9.17, 15) is 8.42 Å². The van der Waals surface area contributed by atoms with E-state index in [1.807, 2.05) is 41.2 Å². The number of guanidine groups is 1. The molecule has 3 heterocycles. The Labute approximate surface area is 181 Å². The summed E-state index contributed by atoms with van der Waals surface area (Å²) in [6.45, 7) is 2.47. The zero-order valence-electron chi connectivity index (χ0n) is 17.3. The van der Waals surface area contributed by atoms with Crippen molar-refractivity contribution in [1.82, 2.24) is 29.5 Å². The molecular weight excluding hydrogens is 418 g/mol. The Morgan fingerprint density at radius 2 is 1.97 bits per heavy atom. The van der Waals surface area contributed by atoms with E-state index >= 15 is 0 Å². The van der Waals surface area contributed by atoms with Gasteiger partial charge in [-0.25, -0.2) is 13.1 Å². The number of hydrogen-bond acceptors (Lipinski definition) is 6. The van der Waals surface area contributed by atoms with Crippen molar-refractivity contribution >= 4 is 16.0 Å². The van der Waals surface area contributed by atoms with Gasteiger partial charge in [0.15, 0.2) is 5.96 Å². The Bertz CT molecular complexity index is 1100. The predicted octanol–water partition coefficient (Wildman–Crippen LogP) is 1.08. The van der Waals surface area contributed by atoms with Crippen molar-refractivity contribution in [2.75, 3.05) is 33.2 Å². The summed E-state index contributed by atoms with van der Waals surface area (Å²) in [7, 11) is -1.70. The van der Waals surface area contributed by atoms with Crippen LogP contribution in [0.1, 0.15) is 11.3 Å². The maximum absolute atomic E-state index is 12.6. The second-order valence-corrected chi connectivity index (χ2v) is 9.08. The molecule has 1 N–H and O–H groups in total. The van der Waals surface area contributed by atoms with Gasteiger partial charge >= 0.3 is 0 Å². The van der Waals surface area contributed by atoms with Crippen LogP contribution in [0.4, 0.5) is 0 Å². The largest absolute Gasteiger partial charge is 0.364 e.